The Balaban J connectivity index is 1.59. The smallest absolute Gasteiger partial charge is 0.313 e. The number of amides is 2. The van der Waals surface area contributed by atoms with Crippen LogP contribution in [0, 0.1) is 0 Å². The maximum atomic E-state index is 12.6. The first-order chi connectivity index (χ1) is 14.1. The van der Waals surface area contributed by atoms with Gasteiger partial charge in [0.05, 0.1) is 6.61 Å². The predicted octanol–water partition coefficient (Wildman–Crippen LogP) is 1.40. The van der Waals surface area contributed by atoms with Crippen molar-refractivity contribution in [3.8, 4) is 0 Å². The molecular weight excluding hydrogens is 368 g/mol. The number of carbonyl (C=O) groups excluding carboxylic acids is 2. The standard InChI is InChI=1S/C22H28N4O3/c1-24-11-13-25(14-12-24)20-9-7-19(8-10-20)23-21(28)22(29)26(15-16-27)17-18-5-3-2-4-6-18/h2-10,27H,11-17H2,1H3,(H,23,28). The maximum absolute atomic E-state index is 12.6. The summed E-state index contributed by atoms with van der Waals surface area (Å²) in [5.41, 5.74) is 2.58. The molecule has 29 heavy (non-hydrogen) atoms. The summed E-state index contributed by atoms with van der Waals surface area (Å²) in [6, 6.07) is 16.9. The van der Waals surface area contributed by atoms with E-state index in [1.54, 1.807) is 0 Å². The number of aliphatic hydroxyl groups is 1. The number of carbonyl (C=O) groups is 2. The Morgan fingerprint density at radius 1 is 1.00 bits per heavy atom. The van der Waals surface area contributed by atoms with E-state index < -0.39 is 11.8 Å². The molecular formula is C22H28N4O3. The van der Waals surface area contributed by atoms with Crippen LogP contribution in [-0.4, -0.2) is 73.1 Å². The topological polar surface area (TPSA) is 76.1 Å². The third-order valence-electron chi connectivity index (χ3n) is 5.06. The lowest BCUT2D eigenvalue weighted by Crippen LogP contribution is -2.44. The average molecular weight is 396 g/mol. The van der Waals surface area contributed by atoms with Gasteiger partial charge in [-0.05, 0) is 36.9 Å². The lowest BCUT2D eigenvalue weighted by molar-refractivity contribution is -0.143. The molecule has 1 heterocycles. The normalized spacial score (nSPS) is 14.5. The van der Waals surface area contributed by atoms with Gasteiger partial charge >= 0.3 is 11.8 Å². The fraction of sp³-hybridized carbons (Fsp3) is 0.364. The maximum Gasteiger partial charge on any atom is 0.313 e. The minimum absolute atomic E-state index is 0.101. The molecule has 0 aromatic heterocycles. The van der Waals surface area contributed by atoms with Crippen LogP contribution in [0.4, 0.5) is 11.4 Å². The molecule has 154 valence electrons. The summed E-state index contributed by atoms with van der Waals surface area (Å²) in [7, 11) is 2.12. The second-order valence-corrected chi connectivity index (χ2v) is 7.23. The zero-order valence-corrected chi connectivity index (χ0v) is 16.8. The van der Waals surface area contributed by atoms with Crippen molar-refractivity contribution in [3.05, 3.63) is 60.2 Å². The quantitative estimate of drug-likeness (QED) is 0.722. The van der Waals surface area contributed by atoms with E-state index in [1.165, 1.54) is 4.90 Å². The number of nitrogens with one attached hydrogen (secondary N) is 1. The van der Waals surface area contributed by atoms with Crippen LogP contribution in [-0.2, 0) is 16.1 Å². The van der Waals surface area contributed by atoms with Gasteiger partial charge in [0.25, 0.3) is 0 Å². The van der Waals surface area contributed by atoms with Gasteiger partial charge in [-0.2, -0.15) is 0 Å². The van der Waals surface area contributed by atoms with Crippen LogP contribution < -0.4 is 10.2 Å². The minimum atomic E-state index is -0.707. The monoisotopic (exact) mass is 396 g/mol. The van der Waals surface area contributed by atoms with E-state index in [0.717, 1.165) is 37.4 Å². The van der Waals surface area contributed by atoms with Crippen molar-refractivity contribution in [2.75, 3.05) is 56.6 Å². The molecule has 3 rings (SSSR count). The number of likely N-dealkylation sites (N-methyl/N-ethyl adjacent to an activating group) is 1. The van der Waals surface area contributed by atoms with Crippen molar-refractivity contribution < 1.29 is 14.7 Å². The van der Waals surface area contributed by atoms with Gasteiger partial charge in [0.1, 0.15) is 0 Å². The van der Waals surface area contributed by atoms with Gasteiger partial charge in [0.2, 0.25) is 0 Å². The molecule has 0 unspecified atom stereocenters. The molecule has 2 aromatic rings. The lowest BCUT2D eigenvalue weighted by Gasteiger charge is -2.34. The first-order valence-corrected chi connectivity index (χ1v) is 9.85. The van der Waals surface area contributed by atoms with E-state index in [2.05, 4.69) is 22.2 Å². The summed E-state index contributed by atoms with van der Waals surface area (Å²) in [5, 5.41) is 11.9. The molecule has 1 aliphatic heterocycles. The molecule has 1 aliphatic rings. The van der Waals surface area contributed by atoms with E-state index in [-0.39, 0.29) is 19.7 Å². The van der Waals surface area contributed by atoms with Crippen molar-refractivity contribution in [1.82, 2.24) is 9.80 Å². The summed E-state index contributed by atoms with van der Waals surface area (Å²) >= 11 is 0. The molecule has 0 spiro atoms. The van der Waals surface area contributed by atoms with E-state index in [0.29, 0.717) is 5.69 Å². The van der Waals surface area contributed by atoms with Gasteiger partial charge in [-0.1, -0.05) is 30.3 Å². The molecule has 7 nitrogen and oxygen atoms in total. The molecule has 2 aromatic carbocycles. The Hall–Kier alpha value is -2.90. The van der Waals surface area contributed by atoms with Crippen LogP contribution in [0.15, 0.2) is 54.6 Å². The Bertz CT molecular complexity index is 803. The number of nitrogens with zero attached hydrogens (tertiary/aromatic N) is 3. The van der Waals surface area contributed by atoms with Gasteiger partial charge in [-0.3, -0.25) is 9.59 Å². The number of hydrogen-bond donors (Lipinski definition) is 2. The number of piperazine rings is 1. The van der Waals surface area contributed by atoms with E-state index in [4.69, 9.17) is 0 Å². The lowest BCUT2D eigenvalue weighted by atomic mass is 10.2. The number of anilines is 2. The van der Waals surface area contributed by atoms with Crippen LogP contribution in [0.3, 0.4) is 0 Å². The fourth-order valence-electron chi connectivity index (χ4n) is 3.33. The highest BCUT2D eigenvalue weighted by Gasteiger charge is 2.22. The van der Waals surface area contributed by atoms with Crippen molar-refractivity contribution in [1.29, 1.82) is 0 Å². The van der Waals surface area contributed by atoms with Crippen LogP contribution in [0.5, 0.6) is 0 Å². The van der Waals surface area contributed by atoms with E-state index in [1.807, 2.05) is 54.6 Å². The summed E-state index contributed by atoms with van der Waals surface area (Å²) in [5.74, 6) is -1.37. The second kappa shape index (κ2) is 10.0. The van der Waals surface area contributed by atoms with Gasteiger partial charge in [-0.15, -0.1) is 0 Å². The van der Waals surface area contributed by atoms with Gasteiger partial charge in [-0.25, -0.2) is 0 Å². The number of aliphatic hydroxyl groups excluding tert-OH is 1. The Morgan fingerprint density at radius 3 is 2.28 bits per heavy atom. The first kappa shape index (κ1) is 20.8. The van der Waals surface area contributed by atoms with Gasteiger partial charge in [0, 0.05) is 50.6 Å². The summed E-state index contributed by atoms with van der Waals surface area (Å²) in [4.78, 5) is 31.0. The SMILES string of the molecule is CN1CCN(c2ccc(NC(=O)C(=O)N(CCO)Cc3ccccc3)cc2)CC1. The van der Waals surface area contributed by atoms with Crippen molar-refractivity contribution in [2.45, 2.75) is 6.54 Å². The number of rotatable bonds is 6. The third kappa shape index (κ3) is 5.79. The van der Waals surface area contributed by atoms with Crippen LogP contribution in [0.2, 0.25) is 0 Å². The highest BCUT2D eigenvalue weighted by Crippen LogP contribution is 2.19. The highest BCUT2D eigenvalue weighted by molar-refractivity contribution is 6.39. The highest BCUT2D eigenvalue weighted by atomic mass is 16.3. The van der Waals surface area contributed by atoms with Gasteiger partial charge in [0.15, 0.2) is 0 Å². The molecule has 7 heteroatoms. The molecule has 0 radical (unpaired) electrons. The summed E-state index contributed by atoms with van der Waals surface area (Å²) in [6.07, 6.45) is 0. The van der Waals surface area contributed by atoms with Gasteiger partial charge < -0.3 is 25.1 Å². The van der Waals surface area contributed by atoms with Crippen molar-refractivity contribution in [2.24, 2.45) is 0 Å². The fourth-order valence-corrected chi connectivity index (χ4v) is 3.33. The molecule has 2 amide bonds. The molecule has 1 fully saturated rings. The van der Waals surface area contributed by atoms with E-state index >= 15 is 0 Å². The minimum Gasteiger partial charge on any atom is -0.395 e. The molecule has 0 saturated carbocycles. The Kier molecular flexibility index (Phi) is 7.21. The van der Waals surface area contributed by atoms with Crippen LogP contribution >= 0.6 is 0 Å². The molecule has 0 atom stereocenters. The number of hydrogen-bond acceptors (Lipinski definition) is 5. The van der Waals surface area contributed by atoms with Crippen LogP contribution in [0.25, 0.3) is 0 Å². The molecule has 1 saturated heterocycles. The average Bonchev–Trinajstić information content (AvgIpc) is 2.75. The number of benzene rings is 2. The molecule has 2 N–H and O–H groups in total. The zero-order chi connectivity index (χ0) is 20.6. The summed E-state index contributed by atoms with van der Waals surface area (Å²) < 4.78 is 0. The molecule has 0 bridgehead atoms. The second-order valence-electron chi connectivity index (χ2n) is 7.23. The summed E-state index contributed by atoms with van der Waals surface area (Å²) in [6.45, 7) is 4.15. The van der Waals surface area contributed by atoms with Crippen molar-refractivity contribution >= 4 is 23.2 Å². The first-order valence-electron chi connectivity index (χ1n) is 9.85. The van der Waals surface area contributed by atoms with Crippen molar-refractivity contribution in [3.63, 3.8) is 0 Å². The third-order valence-corrected chi connectivity index (χ3v) is 5.06. The Morgan fingerprint density at radius 2 is 1.66 bits per heavy atom. The predicted molar refractivity (Wildman–Crippen MR) is 114 cm³/mol. The molecule has 0 aliphatic carbocycles. The zero-order valence-electron chi connectivity index (χ0n) is 16.8. The Labute approximate surface area is 171 Å². The van der Waals surface area contributed by atoms with E-state index in [9.17, 15) is 14.7 Å². The van der Waals surface area contributed by atoms with Crippen LogP contribution in [0.1, 0.15) is 5.56 Å². The largest absolute Gasteiger partial charge is 0.395 e.